The molecule has 0 aromatic heterocycles. The highest BCUT2D eigenvalue weighted by Gasteiger charge is 2.30. The molecule has 0 spiro atoms. The number of hydrogen-bond acceptors (Lipinski definition) is 2. The Labute approximate surface area is 73.7 Å². The van der Waals surface area contributed by atoms with E-state index in [0.29, 0.717) is 13.0 Å². The normalized spacial score (nSPS) is 24.2. The van der Waals surface area contributed by atoms with Crippen LogP contribution in [0.5, 0.6) is 0 Å². The van der Waals surface area contributed by atoms with E-state index < -0.39 is 18.8 Å². The molecule has 0 radical (unpaired) electrons. The molecule has 1 heterocycles. The summed E-state index contributed by atoms with van der Waals surface area (Å²) in [6.45, 7) is -0.548. The summed E-state index contributed by atoms with van der Waals surface area (Å²) in [6.07, 6.45) is -3.05. The van der Waals surface area contributed by atoms with Crippen LogP contribution < -0.4 is 10.6 Å². The van der Waals surface area contributed by atoms with Gasteiger partial charge in [-0.2, -0.15) is 13.2 Å². The summed E-state index contributed by atoms with van der Waals surface area (Å²) in [5.41, 5.74) is 0. The van der Waals surface area contributed by atoms with E-state index >= 15 is 0 Å². The fourth-order valence-electron chi connectivity index (χ4n) is 1.21. The summed E-state index contributed by atoms with van der Waals surface area (Å²) in [5.74, 6) is -0.337. The molecule has 1 aliphatic heterocycles. The molecule has 1 rings (SSSR count). The lowest BCUT2D eigenvalue weighted by atomic mass is 10.1. The van der Waals surface area contributed by atoms with Crippen molar-refractivity contribution in [2.75, 3.05) is 13.1 Å². The largest absolute Gasteiger partial charge is 0.401 e. The van der Waals surface area contributed by atoms with Gasteiger partial charge in [0, 0.05) is 6.54 Å². The lowest BCUT2D eigenvalue weighted by Gasteiger charge is -2.23. The van der Waals surface area contributed by atoms with Crippen molar-refractivity contribution >= 4 is 5.91 Å². The Hall–Kier alpha value is -0.780. The van der Waals surface area contributed by atoms with Crippen LogP contribution in [0.15, 0.2) is 0 Å². The monoisotopic (exact) mass is 196 g/mol. The van der Waals surface area contributed by atoms with Gasteiger partial charge < -0.3 is 5.32 Å². The van der Waals surface area contributed by atoms with Crippen LogP contribution in [-0.4, -0.2) is 31.2 Å². The zero-order valence-electron chi connectivity index (χ0n) is 6.95. The second kappa shape index (κ2) is 3.95. The maximum absolute atomic E-state index is 11.7. The zero-order valence-corrected chi connectivity index (χ0v) is 6.95. The molecule has 1 saturated heterocycles. The molecule has 76 valence electrons. The van der Waals surface area contributed by atoms with Gasteiger partial charge in [-0.25, -0.2) is 0 Å². The number of hydrogen-bond donors (Lipinski definition) is 2. The van der Waals surface area contributed by atoms with Crippen LogP contribution in [0.1, 0.15) is 12.8 Å². The molecule has 0 aliphatic carbocycles. The maximum atomic E-state index is 11.7. The van der Waals surface area contributed by atoms with Crippen LogP contribution in [0.25, 0.3) is 0 Å². The van der Waals surface area contributed by atoms with E-state index in [2.05, 4.69) is 10.6 Å². The van der Waals surface area contributed by atoms with Crippen molar-refractivity contribution in [2.45, 2.75) is 25.1 Å². The lowest BCUT2D eigenvalue weighted by Crippen LogP contribution is -2.50. The van der Waals surface area contributed by atoms with Crippen molar-refractivity contribution in [1.29, 1.82) is 0 Å². The molecular weight excluding hydrogens is 185 g/mol. The highest BCUT2D eigenvalue weighted by Crippen LogP contribution is 2.13. The number of amides is 1. The summed E-state index contributed by atoms with van der Waals surface area (Å²) in [4.78, 5) is 11.0. The summed E-state index contributed by atoms with van der Waals surface area (Å²) >= 11 is 0. The van der Waals surface area contributed by atoms with Crippen molar-refractivity contribution in [1.82, 2.24) is 10.6 Å². The minimum Gasteiger partial charge on any atom is -0.355 e. The average molecular weight is 196 g/mol. The van der Waals surface area contributed by atoms with Crippen LogP contribution >= 0.6 is 0 Å². The Balaban J connectivity index is 2.31. The number of halogens is 3. The predicted molar refractivity (Wildman–Crippen MR) is 40.1 cm³/mol. The van der Waals surface area contributed by atoms with Crippen molar-refractivity contribution < 1.29 is 18.0 Å². The van der Waals surface area contributed by atoms with Crippen molar-refractivity contribution in [3.05, 3.63) is 0 Å². The van der Waals surface area contributed by atoms with Gasteiger partial charge >= 0.3 is 6.18 Å². The van der Waals surface area contributed by atoms with Crippen molar-refractivity contribution in [3.63, 3.8) is 0 Å². The fourth-order valence-corrected chi connectivity index (χ4v) is 1.21. The minimum atomic E-state index is -4.25. The van der Waals surface area contributed by atoms with Gasteiger partial charge in [0.25, 0.3) is 0 Å². The van der Waals surface area contributed by atoms with Crippen LogP contribution in [0.3, 0.4) is 0 Å². The first-order valence-electron chi connectivity index (χ1n) is 4.07. The van der Waals surface area contributed by atoms with Gasteiger partial charge in [-0.3, -0.25) is 10.1 Å². The van der Waals surface area contributed by atoms with E-state index in [-0.39, 0.29) is 5.91 Å². The third kappa shape index (κ3) is 3.63. The predicted octanol–water partition coefficient (Wildman–Crippen LogP) is 0.417. The Bertz CT molecular complexity index is 193. The second-order valence-electron chi connectivity index (χ2n) is 2.98. The zero-order chi connectivity index (χ0) is 9.90. The van der Waals surface area contributed by atoms with Gasteiger partial charge in [-0.05, 0) is 12.8 Å². The quantitative estimate of drug-likeness (QED) is 0.672. The first kappa shape index (κ1) is 10.3. The standard InChI is InChI=1S/C7H11F3N2O/c8-7(9,10)4-12-5-2-1-3-11-6(5)13/h5,12H,1-4H2,(H,11,13). The molecule has 13 heavy (non-hydrogen) atoms. The molecule has 1 aliphatic rings. The Morgan fingerprint density at radius 2 is 2.23 bits per heavy atom. The molecular formula is C7H11F3N2O. The second-order valence-corrected chi connectivity index (χ2v) is 2.98. The third-order valence-electron chi connectivity index (χ3n) is 1.83. The molecule has 1 atom stereocenters. The molecule has 0 saturated carbocycles. The van der Waals surface area contributed by atoms with Gasteiger partial charge in [0.15, 0.2) is 0 Å². The van der Waals surface area contributed by atoms with Crippen molar-refractivity contribution in [2.24, 2.45) is 0 Å². The van der Waals surface area contributed by atoms with E-state index in [1.807, 2.05) is 0 Å². The van der Waals surface area contributed by atoms with Crippen LogP contribution in [-0.2, 0) is 4.79 Å². The summed E-state index contributed by atoms with van der Waals surface area (Å²) in [6, 6.07) is -0.685. The van der Waals surface area contributed by atoms with Crippen LogP contribution in [0.2, 0.25) is 0 Å². The highest BCUT2D eigenvalue weighted by atomic mass is 19.4. The maximum Gasteiger partial charge on any atom is 0.401 e. The smallest absolute Gasteiger partial charge is 0.355 e. The SMILES string of the molecule is O=C1NCCCC1NCC(F)(F)F. The summed E-state index contributed by atoms with van der Waals surface area (Å²) < 4.78 is 35.2. The molecule has 0 aromatic carbocycles. The third-order valence-corrected chi connectivity index (χ3v) is 1.83. The van der Waals surface area contributed by atoms with E-state index in [1.165, 1.54) is 0 Å². The van der Waals surface area contributed by atoms with E-state index in [0.717, 1.165) is 6.42 Å². The minimum absolute atomic E-state index is 0.337. The molecule has 1 amide bonds. The van der Waals surface area contributed by atoms with Crippen LogP contribution in [0, 0.1) is 0 Å². The number of piperidine rings is 1. The number of carbonyl (C=O) groups is 1. The van der Waals surface area contributed by atoms with Gasteiger partial charge in [0.05, 0.1) is 12.6 Å². The van der Waals surface area contributed by atoms with Gasteiger partial charge in [-0.1, -0.05) is 0 Å². The lowest BCUT2D eigenvalue weighted by molar-refractivity contribution is -0.133. The fraction of sp³-hybridized carbons (Fsp3) is 0.857. The molecule has 1 fully saturated rings. The van der Waals surface area contributed by atoms with E-state index in [1.54, 1.807) is 0 Å². The Morgan fingerprint density at radius 3 is 2.77 bits per heavy atom. The molecule has 3 nitrogen and oxygen atoms in total. The number of alkyl halides is 3. The summed E-state index contributed by atoms with van der Waals surface area (Å²) in [5, 5.41) is 4.67. The molecule has 0 bridgehead atoms. The Kier molecular flexibility index (Phi) is 3.13. The topological polar surface area (TPSA) is 41.1 Å². The van der Waals surface area contributed by atoms with Gasteiger partial charge in [0.1, 0.15) is 0 Å². The first-order chi connectivity index (χ1) is 5.99. The molecule has 2 N–H and O–H groups in total. The number of nitrogens with one attached hydrogen (secondary N) is 2. The first-order valence-corrected chi connectivity index (χ1v) is 4.07. The number of carbonyl (C=O) groups excluding carboxylic acids is 1. The van der Waals surface area contributed by atoms with Crippen molar-refractivity contribution in [3.8, 4) is 0 Å². The van der Waals surface area contributed by atoms with Gasteiger partial charge in [-0.15, -0.1) is 0 Å². The molecule has 6 heteroatoms. The highest BCUT2D eigenvalue weighted by molar-refractivity contribution is 5.82. The van der Waals surface area contributed by atoms with Gasteiger partial charge in [0.2, 0.25) is 5.91 Å². The average Bonchev–Trinajstić information content (AvgIpc) is 2.01. The van der Waals surface area contributed by atoms with E-state index in [9.17, 15) is 18.0 Å². The number of rotatable bonds is 2. The molecule has 1 unspecified atom stereocenters. The van der Waals surface area contributed by atoms with E-state index in [4.69, 9.17) is 0 Å². The Morgan fingerprint density at radius 1 is 1.54 bits per heavy atom. The van der Waals surface area contributed by atoms with Crippen LogP contribution in [0.4, 0.5) is 13.2 Å². The summed E-state index contributed by atoms with van der Waals surface area (Å²) in [7, 11) is 0. The molecule has 0 aromatic rings.